The van der Waals surface area contributed by atoms with E-state index in [-0.39, 0.29) is 11.3 Å². The molecule has 0 amide bonds. The molecule has 2 heterocycles. The quantitative estimate of drug-likeness (QED) is 0.362. The molecule has 4 rings (SSSR count). The lowest BCUT2D eigenvalue weighted by Crippen LogP contribution is -2.23. The summed E-state index contributed by atoms with van der Waals surface area (Å²) in [4.78, 5) is 17.9. The molecule has 4 nitrogen and oxygen atoms in total. The van der Waals surface area contributed by atoms with Gasteiger partial charge in [0.25, 0.3) is 5.56 Å². The van der Waals surface area contributed by atoms with Gasteiger partial charge in [0.15, 0.2) is 5.16 Å². The fourth-order valence-electron chi connectivity index (χ4n) is 2.80. The first-order chi connectivity index (χ1) is 12.7. The summed E-state index contributed by atoms with van der Waals surface area (Å²) in [6, 6.07) is 17.4. The highest BCUT2D eigenvalue weighted by Crippen LogP contribution is 2.32. The van der Waals surface area contributed by atoms with Crippen molar-refractivity contribution in [3.63, 3.8) is 0 Å². The number of hydrogen-bond donors (Lipinski definition) is 0. The number of nitriles is 1. The van der Waals surface area contributed by atoms with Crippen LogP contribution in [0, 0.1) is 11.3 Å². The van der Waals surface area contributed by atoms with E-state index in [1.807, 2.05) is 42.5 Å². The number of fused-ring (bicyclic) bond motifs is 3. The number of halogens is 1. The van der Waals surface area contributed by atoms with Crippen LogP contribution in [-0.4, -0.2) is 15.3 Å². The molecule has 0 aliphatic carbocycles. The van der Waals surface area contributed by atoms with Gasteiger partial charge in [-0.15, -0.1) is 11.3 Å². The van der Waals surface area contributed by atoms with E-state index in [9.17, 15) is 4.79 Å². The molecular formula is C19H12ClN3OS2. The summed E-state index contributed by atoms with van der Waals surface area (Å²) in [6.07, 6.45) is 0. The minimum Gasteiger partial charge on any atom is -0.282 e. The number of thiophene rings is 1. The number of hydrogen-bond acceptors (Lipinski definition) is 5. The van der Waals surface area contributed by atoms with Crippen molar-refractivity contribution in [2.24, 2.45) is 0 Å². The second-order valence-corrected chi connectivity index (χ2v) is 8.00. The maximum Gasteiger partial charge on any atom is 0.272 e. The van der Waals surface area contributed by atoms with E-state index in [2.05, 4.69) is 6.07 Å². The number of rotatable bonds is 4. The monoisotopic (exact) mass is 397 g/mol. The predicted molar refractivity (Wildman–Crippen MR) is 108 cm³/mol. The van der Waals surface area contributed by atoms with Crippen LogP contribution in [0.4, 0.5) is 0 Å². The molecule has 2 aromatic carbocycles. The van der Waals surface area contributed by atoms with Gasteiger partial charge in [0.05, 0.1) is 23.9 Å². The average Bonchev–Trinajstić information content (AvgIpc) is 3.03. The summed E-state index contributed by atoms with van der Waals surface area (Å²) in [5.41, 5.74) is 1.44. The van der Waals surface area contributed by atoms with E-state index in [0.29, 0.717) is 26.9 Å². The predicted octanol–water partition coefficient (Wildman–Crippen LogP) is 4.93. The lowest BCUT2D eigenvalue weighted by atomic mass is 10.2. The molecule has 7 heteroatoms. The van der Waals surface area contributed by atoms with Crippen LogP contribution in [0.1, 0.15) is 5.56 Å². The number of thioether (sulfide) groups is 1. The summed E-state index contributed by atoms with van der Waals surface area (Å²) in [5.74, 6) is 0.225. The van der Waals surface area contributed by atoms with Gasteiger partial charge in [-0.25, -0.2) is 4.98 Å². The molecule has 0 saturated heterocycles. The van der Waals surface area contributed by atoms with Crippen molar-refractivity contribution >= 4 is 55.0 Å². The fourth-order valence-corrected chi connectivity index (χ4v) is 4.74. The summed E-state index contributed by atoms with van der Waals surface area (Å²) in [7, 11) is 0. The van der Waals surface area contributed by atoms with Gasteiger partial charge in [-0.2, -0.15) is 5.26 Å². The van der Waals surface area contributed by atoms with Crippen molar-refractivity contribution in [3.05, 3.63) is 69.5 Å². The SMILES string of the molecule is N#CCSc1nc2c(sc3ccccc32)c(=O)n1Cc1ccccc1Cl. The molecule has 0 N–H and O–H groups in total. The van der Waals surface area contributed by atoms with Crippen LogP contribution < -0.4 is 5.56 Å². The third kappa shape index (κ3) is 2.99. The maximum atomic E-state index is 13.2. The zero-order valence-corrected chi connectivity index (χ0v) is 15.9. The molecule has 0 aliphatic rings. The number of benzene rings is 2. The third-order valence-corrected chi connectivity index (χ3v) is 6.36. The highest BCUT2D eigenvalue weighted by molar-refractivity contribution is 7.99. The second kappa shape index (κ2) is 7.12. The Morgan fingerprint density at radius 2 is 1.96 bits per heavy atom. The van der Waals surface area contributed by atoms with E-state index in [0.717, 1.165) is 15.6 Å². The maximum absolute atomic E-state index is 13.2. The Bertz CT molecular complexity index is 1220. The van der Waals surface area contributed by atoms with E-state index in [1.54, 1.807) is 10.6 Å². The molecule has 0 atom stereocenters. The second-order valence-electron chi connectivity index (χ2n) is 5.60. The Kier molecular flexibility index (Phi) is 4.68. The van der Waals surface area contributed by atoms with Crippen LogP contribution in [0.5, 0.6) is 0 Å². The summed E-state index contributed by atoms with van der Waals surface area (Å²) >= 11 is 8.99. The molecule has 2 aromatic heterocycles. The molecule has 0 unspecified atom stereocenters. The molecular weight excluding hydrogens is 386 g/mol. The van der Waals surface area contributed by atoms with Crippen LogP contribution >= 0.6 is 34.7 Å². The lowest BCUT2D eigenvalue weighted by molar-refractivity contribution is 0.660. The molecule has 128 valence electrons. The molecule has 4 aromatic rings. The van der Waals surface area contributed by atoms with Gasteiger partial charge in [-0.1, -0.05) is 59.8 Å². The molecule has 0 spiro atoms. The van der Waals surface area contributed by atoms with Gasteiger partial charge >= 0.3 is 0 Å². The third-order valence-electron chi connectivity index (χ3n) is 4.00. The van der Waals surface area contributed by atoms with Gasteiger partial charge in [0.1, 0.15) is 4.70 Å². The zero-order chi connectivity index (χ0) is 18.1. The number of nitrogens with zero attached hydrogens (tertiary/aromatic N) is 3. The van der Waals surface area contributed by atoms with Gasteiger partial charge in [0.2, 0.25) is 0 Å². The van der Waals surface area contributed by atoms with Gasteiger partial charge in [-0.3, -0.25) is 9.36 Å². The van der Waals surface area contributed by atoms with Crippen LogP contribution in [0.3, 0.4) is 0 Å². The first kappa shape index (κ1) is 17.1. The zero-order valence-electron chi connectivity index (χ0n) is 13.5. The van der Waals surface area contributed by atoms with E-state index >= 15 is 0 Å². The van der Waals surface area contributed by atoms with E-state index in [4.69, 9.17) is 21.8 Å². The van der Waals surface area contributed by atoms with Crippen LogP contribution in [0.2, 0.25) is 5.02 Å². The Labute approximate surface area is 162 Å². The topological polar surface area (TPSA) is 58.7 Å². The number of aromatic nitrogens is 2. The van der Waals surface area contributed by atoms with E-state index < -0.39 is 0 Å². The molecule has 26 heavy (non-hydrogen) atoms. The van der Waals surface area contributed by atoms with Crippen molar-refractivity contribution in [2.45, 2.75) is 11.7 Å². The highest BCUT2D eigenvalue weighted by Gasteiger charge is 2.17. The Balaban J connectivity index is 1.96. The largest absolute Gasteiger partial charge is 0.282 e. The van der Waals surface area contributed by atoms with Gasteiger partial charge < -0.3 is 0 Å². The minimum absolute atomic E-state index is 0.100. The minimum atomic E-state index is -0.100. The molecule has 0 saturated carbocycles. The fraction of sp³-hybridized carbons (Fsp3) is 0.105. The summed E-state index contributed by atoms with van der Waals surface area (Å²) in [6.45, 7) is 0.323. The van der Waals surface area contributed by atoms with Crippen molar-refractivity contribution in [1.29, 1.82) is 5.26 Å². The molecule has 0 radical (unpaired) electrons. The van der Waals surface area contributed by atoms with Crippen LogP contribution in [-0.2, 0) is 6.54 Å². The first-order valence-electron chi connectivity index (χ1n) is 7.84. The Morgan fingerprint density at radius 1 is 1.19 bits per heavy atom. The Hall–Kier alpha value is -2.33. The first-order valence-corrected chi connectivity index (χ1v) is 10.0. The Morgan fingerprint density at radius 3 is 2.77 bits per heavy atom. The summed E-state index contributed by atoms with van der Waals surface area (Å²) in [5, 5.41) is 11.1. The van der Waals surface area contributed by atoms with Gasteiger partial charge in [0, 0.05) is 15.1 Å². The lowest BCUT2D eigenvalue weighted by Gasteiger charge is -2.12. The molecule has 0 bridgehead atoms. The summed E-state index contributed by atoms with van der Waals surface area (Å²) < 4.78 is 3.26. The van der Waals surface area contributed by atoms with Gasteiger partial charge in [-0.05, 0) is 17.7 Å². The van der Waals surface area contributed by atoms with Crippen molar-refractivity contribution in [3.8, 4) is 6.07 Å². The van der Waals surface area contributed by atoms with Crippen molar-refractivity contribution < 1.29 is 0 Å². The standard InChI is InChI=1S/C19H12ClN3OS2/c20-14-7-3-1-5-12(14)11-23-18(24)17-16(22-19(23)25-10-9-21)13-6-2-4-8-15(13)26-17/h1-8H,10-11H2. The molecule has 0 fully saturated rings. The smallest absolute Gasteiger partial charge is 0.272 e. The average molecular weight is 398 g/mol. The van der Waals surface area contributed by atoms with Crippen LogP contribution in [0.25, 0.3) is 20.3 Å². The van der Waals surface area contributed by atoms with Crippen molar-refractivity contribution in [2.75, 3.05) is 5.75 Å². The normalized spacial score (nSPS) is 11.1. The van der Waals surface area contributed by atoms with E-state index in [1.165, 1.54) is 23.1 Å². The molecule has 0 aliphatic heterocycles. The van der Waals surface area contributed by atoms with Crippen LogP contribution in [0.15, 0.2) is 58.5 Å². The van der Waals surface area contributed by atoms with Crippen molar-refractivity contribution in [1.82, 2.24) is 9.55 Å². The highest BCUT2D eigenvalue weighted by atomic mass is 35.5.